The van der Waals surface area contributed by atoms with Crippen molar-refractivity contribution >= 4 is 41.2 Å². The fourth-order valence-corrected chi connectivity index (χ4v) is 6.55. The largest absolute Gasteiger partial charge is 0.463 e. The number of nitrogens with one attached hydrogen (secondary N) is 1. The van der Waals surface area contributed by atoms with Crippen molar-refractivity contribution in [2.24, 2.45) is 5.41 Å². The molecule has 17 nitrogen and oxygen atoms in total. The molecule has 2 amide bonds. The third-order valence-corrected chi connectivity index (χ3v) is 9.68. The summed E-state index contributed by atoms with van der Waals surface area (Å²) in [7, 11) is 0. The van der Waals surface area contributed by atoms with Crippen LogP contribution in [0.5, 0.6) is 0 Å². The molecule has 0 aliphatic carbocycles. The second-order valence-corrected chi connectivity index (χ2v) is 13.5. The normalized spacial score (nSPS) is 17.1. The third kappa shape index (κ3) is 8.97. The van der Waals surface area contributed by atoms with Gasteiger partial charge in [-0.1, -0.05) is 60.7 Å². The standard InChI is InChI=1S/C37H43N7O10/c38-34-40-30-29(31(46)41-34)39-24-42(30)18-15-37(21-45,22-53-32(47)27-13-7-16-43(27)35(49)51-19-25-9-3-1-4-10-25)23-54-33(48)28-14-8-17-44(28)36(50)52-20-26-11-5-2-6-12-26/h1-6,9-12,24,27-28,45H,7-8,13-23H2,(H3,38,40,41,46)/t27-,28-/m0/s1. The summed E-state index contributed by atoms with van der Waals surface area (Å²) in [6.07, 6.45) is 1.94. The number of fused-ring (bicyclic) bond motifs is 1. The molecule has 2 fully saturated rings. The van der Waals surface area contributed by atoms with Crippen LogP contribution in [0.4, 0.5) is 15.5 Å². The molecule has 4 heterocycles. The van der Waals surface area contributed by atoms with Crippen molar-refractivity contribution in [3.8, 4) is 0 Å². The molecular weight excluding hydrogens is 702 g/mol. The molecule has 286 valence electrons. The molecule has 2 aromatic heterocycles. The number of aryl methyl sites for hydroxylation is 1. The van der Waals surface area contributed by atoms with Gasteiger partial charge in [0.05, 0.1) is 18.3 Å². The van der Waals surface area contributed by atoms with E-state index in [1.54, 1.807) is 4.57 Å². The highest BCUT2D eigenvalue weighted by Gasteiger charge is 2.41. The van der Waals surface area contributed by atoms with E-state index in [0.717, 1.165) is 11.1 Å². The molecule has 0 radical (unpaired) electrons. The number of aliphatic hydroxyl groups excluding tert-OH is 1. The molecule has 2 aliphatic rings. The van der Waals surface area contributed by atoms with Crippen LogP contribution < -0.4 is 11.3 Å². The lowest BCUT2D eigenvalue weighted by molar-refractivity contribution is -0.162. The number of rotatable bonds is 14. The Hall–Kier alpha value is -5.97. The van der Waals surface area contributed by atoms with E-state index in [4.69, 9.17) is 24.7 Å². The number of carbonyl (C=O) groups excluding carboxylic acids is 4. The second kappa shape index (κ2) is 17.2. The summed E-state index contributed by atoms with van der Waals surface area (Å²) in [5.74, 6) is -1.52. The quantitative estimate of drug-likeness (QED) is 0.125. The fraction of sp³-hybridized carbons (Fsp3) is 0.432. The van der Waals surface area contributed by atoms with E-state index in [1.807, 2.05) is 60.7 Å². The van der Waals surface area contributed by atoms with Gasteiger partial charge in [0.1, 0.15) is 38.5 Å². The number of likely N-dealkylation sites (tertiary alicyclic amines) is 2. The summed E-state index contributed by atoms with van der Waals surface area (Å²) in [5, 5.41) is 10.8. The average molecular weight is 746 g/mol. The van der Waals surface area contributed by atoms with Crippen LogP contribution in [0.2, 0.25) is 0 Å². The minimum absolute atomic E-state index is 0.0371. The van der Waals surface area contributed by atoms with Gasteiger partial charge in [-0.15, -0.1) is 0 Å². The van der Waals surface area contributed by atoms with Crippen molar-refractivity contribution in [2.75, 3.05) is 38.6 Å². The maximum atomic E-state index is 13.5. The number of hydrogen-bond acceptors (Lipinski definition) is 13. The van der Waals surface area contributed by atoms with E-state index in [0.29, 0.717) is 38.8 Å². The highest BCUT2D eigenvalue weighted by atomic mass is 16.6. The first-order valence-electron chi connectivity index (χ1n) is 17.8. The van der Waals surface area contributed by atoms with E-state index in [-0.39, 0.29) is 43.3 Å². The Morgan fingerprint density at radius 2 is 1.33 bits per heavy atom. The smallest absolute Gasteiger partial charge is 0.410 e. The molecule has 0 bridgehead atoms. The molecule has 0 saturated carbocycles. The lowest BCUT2D eigenvalue weighted by atomic mass is 9.87. The van der Waals surface area contributed by atoms with Crippen molar-refractivity contribution in [1.82, 2.24) is 29.3 Å². The van der Waals surface area contributed by atoms with Crippen molar-refractivity contribution in [3.63, 3.8) is 0 Å². The van der Waals surface area contributed by atoms with Gasteiger partial charge in [0, 0.05) is 19.6 Å². The van der Waals surface area contributed by atoms with Crippen LogP contribution in [0.25, 0.3) is 11.2 Å². The number of aliphatic hydroxyl groups is 1. The Balaban J connectivity index is 1.13. The lowest BCUT2D eigenvalue weighted by Crippen LogP contribution is -2.46. The molecule has 2 aliphatic heterocycles. The van der Waals surface area contributed by atoms with Crippen LogP contribution >= 0.6 is 0 Å². The first kappa shape index (κ1) is 37.8. The van der Waals surface area contributed by atoms with Crippen LogP contribution in [-0.2, 0) is 48.3 Å². The molecule has 0 unspecified atom stereocenters. The monoisotopic (exact) mass is 745 g/mol. The molecule has 2 atom stereocenters. The average Bonchev–Trinajstić information content (AvgIpc) is 3.97. The number of nitrogens with two attached hydrogens (primary N) is 1. The third-order valence-electron chi connectivity index (χ3n) is 9.68. The summed E-state index contributed by atoms with van der Waals surface area (Å²) < 4.78 is 24.0. The highest BCUT2D eigenvalue weighted by Crippen LogP contribution is 2.29. The van der Waals surface area contributed by atoms with Crippen LogP contribution in [0.1, 0.15) is 43.2 Å². The Bertz CT molecular complexity index is 1900. The molecule has 2 aromatic carbocycles. The Labute approximate surface area is 310 Å². The zero-order chi connectivity index (χ0) is 38.1. The van der Waals surface area contributed by atoms with Gasteiger partial charge in [-0.2, -0.15) is 4.98 Å². The van der Waals surface area contributed by atoms with Gasteiger partial charge >= 0.3 is 24.1 Å². The number of esters is 2. The van der Waals surface area contributed by atoms with E-state index in [9.17, 15) is 29.1 Å². The molecule has 6 rings (SSSR count). The van der Waals surface area contributed by atoms with Gasteiger partial charge in [-0.05, 0) is 43.2 Å². The number of imidazole rings is 1. The zero-order valence-electron chi connectivity index (χ0n) is 29.6. The number of carbonyl (C=O) groups is 4. The maximum absolute atomic E-state index is 13.5. The highest BCUT2D eigenvalue weighted by molar-refractivity contribution is 5.83. The van der Waals surface area contributed by atoms with Crippen LogP contribution in [0.3, 0.4) is 0 Å². The van der Waals surface area contributed by atoms with Crippen LogP contribution in [0, 0.1) is 5.41 Å². The Morgan fingerprint density at radius 3 is 1.83 bits per heavy atom. The number of nitrogen functional groups attached to an aromatic ring is 1. The Morgan fingerprint density at radius 1 is 0.815 bits per heavy atom. The van der Waals surface area contributed by atoms with Gasteiger partial charge in [0.2, 0.25) is 5.95 Å². The van der Waals surface area contributed by atoms with Crippen LogP contribution in [-0.4, -0.2) is 104 Å². The summed E-state index contributed by atoms with van der Waals surface area (Å²) in [4.78, 5) is 78.7. The first-order chi connectivity index (χ1) is 26.2. The SMILES string of the molecule is Nc1nc2c(ncn2CCC(CO)(COC(=O)[C@@H]2CCCN2C(=O)OCc2ccccc2)COC(=O)[C@@H]2CCCN2C(=O)OCc2ccccc2)c(=O)[nH]1. The zero-order valence-corrected chi connectivity index (χ0v) is 29.6. The van der Waals surface area contributed by atoms with Gasteiger partial charge < -0.3 is 34.4 Å². The summed E-state index contributed by atoms with van der Waals surface area (Å²) >= 11 is 0. The summed E-state index contributed by atoms with van der Waals surface area (Å²) in [6.45, 7) is -0.604. The van der Waals surface area contributed by atoms with Crippen molar-refractivity contribution in [1.29, 1.82) is 0 Å². The van der Waals surface area contributed by atoms with Crippen molar-refractivity contribution in [2.45, 2.75) is 63.9 Å². The fourth-order valence-electron chi connectivity index (χ4n) is 6.55. The van der Waals surface area contributed by atoms with E-state index in [2.05, 4.69) is 15.0 Å². The van der Waals surface area contributed by atoms with Gasteiger partial charge in [-0.3, -0.25) is 19.6 Å². The second-order valence-electron chi connectivity index (χ2n) is 13.5. The van der Waals surface area contributed by atoms with E-state index < -0.39 is 67.0 Å². The van der Waals surface area contributed by atoms with Gasteiger partial charge in [-0.25, -0.2) is 24.2 Å². The number of H-pyrrole nitrogens is 1. The molecule has 0 spiro atoms. The minimum atomic E-state index is -1.36. The van der Waals surface area contributed by atoms with Gasteiger partial charge in [0.15, 0.2) is 11.2 Å². The number of aromatic amines is 1. The molecule has 17 heteroatoms. The summed E-state index contributed by atoms with van der Waals surface area (Å²) in [5.41, 5.74) is 5.72. The van der Waals surface area contributed by atoms with Crippen molar-refractivity contribution in [3.05, 3.63) is 88.5 Å². The number of ether oxygens (including phenoxy) is 4. The van der Waals surface area contributed by atoms with E-state index in [1.165, 1.54) is 16.1 Å². The first-order valence-corrected chi connectivity index (χ1v) is 17.8. The maximum Gasteiger partial charge on any atom is 0.410 e. The lowest BCUT2D eigenvalue weighted by Gasteiger charge is -2.33. The number of anilines is 1. The number of nitrogens with zero attached hydrogens (tertiary/aromatic N) is 5. The molecular formula is C37H43N7O10. The predicted molar refractivity (Wildman–Crippen MR) is 191 cm³/mol. The predicted octanol–water partition coefficient (Wildman–Crippen LogP) is 2.76. The Kier molecular flexibility index (Phi) is 12.1. The van der Waals surface area contributed by atoms with Gasteiger partial charge in [0.25, 0.3) is 5.56 Å². The minimum Gasteiger partial charge on any atom is -0.463 e. The van der Waals surface area contributed by atoms with E-state index >= 15 is 0 Å². The molecule has 4 aromatic rings. The number of benzene rings is 2. The van der Waals surface area contributed by atoms with Crippen molar-refractivity contribution < 1.29 is 43.2 Å². The van der Waals surface area contributed by atoms with Crippen LogP contribution in [0.15, 0.2) is 71.8 Å². The molecule has 2 saturated heterocycles. The number of amides is 2. The number of hydrogen-bond donors (Lipinski definition) is 3. The number of aromatic nitrogens is 4. The molecule has 4 N–H and O–H groups in total. The molecule has 54 heavy (non-hydrogen) atoms. The summed E-state index contributed by atoms with van der Waals surface area (Å²) in [6, 6.07) is 16.5. The topological polar surface area (TPSA) is 221 Å².